The van der Waals surface area contributed by atoms with Crippen molar-refractivity contribution in [1.82, 2.24) is 0 Å². The first kappa shape index (κ1) is 7.86. The molecule has 13 heavy (non-hydrogen) atoms. The van der Waals surface area contributed by atoms with Gasteiger partial charge in [-0.05, 0) is 41.9 Å². The van der Waals surface area contributed by atoms with E-state index in [-0.39, 0.29) is 9.65 Å². The van der Waals surface area contributed by atoms with Gasteiger partial charge in [-0.25, -0.2) is 0 Å². The van der Waals surface area contributed by atoms with E-state index in [1.165, 1.54) is 6.42 Å². The van der Waals surface area contributed by atoms with Crippen molar-refractivity contribution in [2.75, 3.05) is 0 Å². The predicted molar refractivity (Wildman–Crippen MR) is 56.0 cm³/mol. The Hall–Kier alpha value is 0.630. The minimum Gasteiger partial charge on any atom is -0.297 e. The Morgan fingerprint density at radius 3 is 1.85 bits per heavy atom. The summed E-state index contributed by atoms with van der Waals surface area (Å²) in [5, 5.41) is 0. The van der Waals surface area contributed by atoms with Gasteiger partial charge < -0.3 is 0 Å². The summed E-state index contributed by atoms with van der Waals surface area (Å²) in [5.74, 6) is 5.55. The molecule has 5 saturated carbocycles. The zero-order valence-electron chi connectivity index (χ0n) is 6.99. The molecule has 0 radical (unpaired) electrons. The van der Waals surface area contributed by atoms with E-state index in [4.69, 9.17) is 0 Å². The summed E-state index contributed by atoms with van der Waals surface area (Å²) < 4.78 is 0. The van der Waals surface area contributed by atoms with Crippen LogP contribution in [0, 0.1) is 35.5 Å². The third-order valence-corrected chi connectivity index (χ3v) is 7.06. The van der Waals surface area contributed by atoms with Gasteiger partial charge in [-0.15, -0.1) is 0 Å². The lowest BCUT2D eigenvalue weighted by molar-refractivity contribution is -0.121. The molecule has 0 aromatic heterocycles. The number of alkyl halides is 2. The lowest BCUT2D eigenvalue weighted by atomic mass is 9.79. The van der Waals surface area contributed by atoms with E-state index in [2.05, 4.69) is 31.9 Å². The molecule has 5 fully saturated rings. The highest BCUT2D eigenvalue weighted by Crippen LogP contribution is 2.79. The summed E-state index contributed by atoms with van der Waals surface area (Å²) in [7, 11) is 0. The zero-order valence-corrected chi connectivity index (χ0v) is 10.2. The number of carbonyl (C=O) groups is 1. The summed E-state index contributed by atoms with van der Waals surface area (Å²) in [5.41, 5.74) is 0. The molecule has 0 aliphatic heterocycles. The first-order valence-electron chi connectivity index (χ1n) is 5.03. The Morgan fingerprint density at radius 2 is 1.38 bits per heavy atom. The number of hydrogen-bond donors (Lipinski definition) is 0. The van der Waals surface area contributed by atoms with Gasteiger partial charge in [0.05, 0.1) is 9.65 Å². The van der Waals surface area contributed by atoms with Gasteiger partial charge in [0.2, 0.25) is 0 Å². The highest BCUT2D eigenvalue weighted by atomic mass is 79.9. The third-order valence-electron chi connectivity index (χ3n) is 4.93. The molecule has 3 heteroatoms. The van der Waals surface area contributed by atoms with Crippen LogP contribution in [-0.4, -0.2) is 15.4 Å². The summed E-state index contributed by atoms with van der Waals surface area (Å²) >= 11 is 7.20. The monoisotopic (exact) mass is 304 g/mol. The normalized spacial score (nSPS) is 71.7. The van der Waals surface area contributed by atoms with E-state index in [0.717, 1.165) is 23.7 Å². The second-order valence-corrected chi connectivity index (χ2v) is 7.05. The topological polar surface area (TPSA) is 17.1 Å². The molecular formula is C10H10Br2O. The van der Waals surface area contributed by atoms with E-state index in [1.807, 2.05) is 0 Å². The fourth-order valence-corrected chi connectivity index (χ4v) is 7.05. The van der Waals surface area contributed by atoms with E-state index in [9.17, 15) is 4.79 Å². The second-order valence-electron chi connectivity index (χ2n) is 5.08. The average Bonchev–Trinajstić information content (AvgIpc) is 2.54. The minimum absolute atomic E-state index is 0.167. The lowest BCUT2D eigenvalue weighted by Gasteiger charge is -2.33. The van der Waals surface area contributed by atoms with Crippen LogP contribution in [0.4, 0.5) is 0 Å². The van der Waals surface area contributed by atoms with Crippen molar-refractivity contribution in [1.29, 1.82) is 0 Å². The smallest absolute Gasteiger partial charge is 0.160 e. The molecular weight excluding hydrogens is 296 g/mol. The largest absolute Gasteiger partial charge is 0.297 e. The van der Waals surface area contributed by atoms with Gasteiger partial charge in [0.15, 0.2) is 5.78 Å². The van der Waals surface area contributed by atoms with E-state index in [0.29, 0.717) is 17.6 Å². The maximum Gasteiger partial charge on any atom is 0.160 e. The summed E-state index contributed by atoms with van der Waals surface area (Å²) in [4.78, 5) is 12.2. The minimum atomic E-state index is 0.167. The number of rotatable bonds is 0. The van der Waals surface area contributed by atoms with E-state index >= 15 is 0 Å². The predicted octanol–water partition coefficient (Wildman–Crippen LogP) is 2.22. The fraction of sp³-hybridized carbons (Fsp3) is 0.900. The summed E-state index contributed by atoms with van der Waals surface area (Å²) in [6.07, 6.45) is 1.42. The standard InChI is InChI=1S/C10H10Br2O/c11-8-6-3-1-2-4(6)5(2)7(3)9(12)10(8)13/h2-9H,1H2/t2?,3?,4?,5?,6-,7+,8-,9+. The number of Topliss-reactive ketones (excluding diaryl/α,β-unsaturated/α-hetero) is 1. The van der Waals surface area contributed by atoms with Crippen molar-refractivity contribution in [2.45, 2.75) is 16.1 Å². The van der Waals surface area contributed by atoms with Gasteiger partial charge in [-0.2, -0.15) is 0 Å². The first-order valence-corrected chi connectivity index (χ1v) is 6.87. The summed E-state index contributed by atoms with van der Waals surface area (Å²) in [6.45, 7) is 0. The maximum atomic E-state index is 11.8. The molecule has 0 heterocycles. The van der Waals surface area contributed by atoms with Crippen LogP contribution in [0.25, 0.3) is 0 Å². The van der Waals surface area contributed by atoms with Gasteiger partial charge in [0, 0.05) is 0 Å². The molecule has 0 amide bonds. The number of halogens is 2. The van der Waals surface area contributed by atoms with Crippen LogP contribution in [0.1, 0.15) is 6.42 Å². The molecule has 0 N–H and O–H groups in total. The van der Waals surface area contributed by atoms with Crippen molar-refractivity contribution >= 4 is 37.6 Å². The van der Waals surface area contributed by atoms with Crippen molar-refractivity contribution in [3.05, 3.63) is 0 Å². The Morgan fingerprint density at radius 1 is 0.923 bits per heavy atom. The SMILES string of the molecule is O=C1[C@@H](Br)[C@@H]2C3C4CC2[C@H](C43)[C@H]1Br. The highest BCUT2D eigenvalue weighted by Gasteiger charge is 2.78. The van der Waals surface area contributed by atoms with Crippen LogP contribution in [0.5, 0.6) is 0 Å². The highest BCUT2D eigenvalue weighted by molar-refractivity contribution is 9.10. The number of carbonyl (C=O) groups excluding carboxylic acids is 1. The molecule has 4 unspecified atom stereocenters. The second kappa shape index (κ2) is 2.08. The summed E-state index contributed by atoms with van der Waals surface area (Å²) in [6, 6.07) is 0. The van der Waals surface area contributed by atoms with Crippen LogP contribution in [0.2, 0.25) is 0 Å². The molecule has 6 bridgehead atoms. The Balaban J connectivity index is 1.86. The molecule has 70 valence electrons. The lowest BCUT2D eigenvalue weighted by Crippen LogP contribution is -2.43. The van der Waals surface area contributed by atoms with Gasteiger partial charge in [-0.1, -0.05) is 31.9 Å². The molecule has 0 saturated heterocycles. The van der Waals surface area contributed by atoms with Crippen molar-refractivity contribution in [3.8, 4) is 0 Å². The zero-order chi connectivity index (χ0) is 8.90. The molecule has 5 aliphatic carbocycles. The van der Waals surface area contributed by atoms with Gasteiger partial charge in [0.1, 0.15) is 0 Å². The van der Waals surface area contributed by atoms with E-state index < -0.39 is 0 Å². The van der Waals surface area contributed by atoms with Gasteiger partial charge in [-0.3, -0.25) is 4.79 Å². The number of hydrogen-bond acceptors (Lipinski definition) is 1. The third kappa shape index (κ3) is 0.656. The van der Waals surface area contributed by atoms with Gasteiger partial charge in [0.25, 0.3) is 0 Å². The first-order chi connectivity index (χ1) is 6.22. The molecule has 1 nitrogen and oxygen atoms in total. The number of ketones is 1. The Bertz CT molecular complexity index is 290. The molecule has 5 aliphatic rings. The van der Waals surface area contributed by atoms with Crippen molar-refractivity contribution in [3.63, 3.8) is 0 Å². The van der Waals surface area contributed by atoms with Crippen LogP contribution in [-0.2, 0) is 4.79 Å². The average molecular weight is 306 g/mol. The molecule has 0 spiro atoms. The Labute approximate surface area is 93.9 Å². The maximum absolute atomic E-state index is 11.8. The molecule has 8 atom stereocenters. The fourth-order valence-electron chi connectivity index (χ4n) is 4.64. The molecule has 0 aromatic carbocycles. The van der Waals surface area contributed by atoms with Gasteiger partial charge >= 0.3 is 0 Å². The molecule has 5 rings (SSSR count). The van der Waals surface area contributed by atoms with E-state index in [1.54, 1.807) is 0 Å². The van der Waals surface area contributed by atoms with Crippen molar-refractivity contribution < 1.29 is 4.79 Å². The quantitative estimate of drug-likeness (QED) is 0.627. The van der Waals surface area contributed by atoms with Crippen LogP contribution < -0.4 is 0 Å². The van der Waals surface area contributed by atoms with Crippen LogP contribution in [0.15, 0.2) is 0 Å². The van der Waals surface area contributed by atoms with Crippen molar-refractivity contribution in [2.24, 2.45) is 35.5 Å². The van der Waals surface area contributed by atoms with Crippen LogP contribution in [0.3, 0.4) is 0 Å². The molecule has 0 aromatic rings. The van der Waals surface area contributed by atoms with Crippen LogP contribution >= 0.6 is 31.9 Å². The Kier molecular flexibility index (Phi) is 1.26.